The lowest BCUT2D eigenvalue weighted by molar-refractivity contribution is -0.393. The molecule has 0 radical (unpaired) electrons. The normalized spacial score (nSPS) is 12.3. The van der Waals surface area contributed by atoms with Gasteiger partial charge in [-0.25, -0.2) is 9.55 Å². The first kappa shape index (κ1) is 17.6. The third-order valence-corrected chi connectivity index (χ3v) is 3.82. The van der Waals surface area contributed by atoms with Gasteiger partial charge in [0.15, 0.2) is 5.82 Å². The molecule has 0 unspecified atom stereocenters. The number of rotatable bonds is 7. The first-order valence-corrected chi connectivity index (χ1v) is 8.35. The molecule has 9 heteroatoms. The van der Waals surface area contributed by atoms with Crippen molar-refractivity contribution in [3.63, 3.8) is 0 Å². The maximum atomic E-state index is 11.3. The molecular weight excluding hydrogens is 298 g/mol. The van der Waals surface area contributed by atoms with E-state index in [1.807, 2.05) is 27.7 Å². The minimum Gasteiger partial charge on any atom is -0.358 e. The van der Waals surface area contributed by atoms with Gasteiger partial charge in [-0.05, 0) is 4.92 Å². The Kier molecular flexibility index (Phi) is 5.46. The molecule has 1 aromatic rings. The lowest BCUT2D eigenvalue weighted by Gasteiger charge is -2.07. The molecule has 0 aliphatic heterocycles. The molecule has 0 atom stereocenters. The first-order chi connectivity index (χ1) is 9.54. The van der Waals surface area contributed by atoms with E-state index in [1.54, 1.807) is 0 Å². The average Bonchev–Trinajstić information content (AvgIpc) is 2.67. The van der Waals surface area contributed by atoms with E-state index in [9.17, 15) is 18.5 Å². The second-order valence-electron chi connectivity index (χ2n) is 5.54. The summed E-state index contributed by atoms with van der Waals surface area (Å²) in [6.07, 6.45) is 0.0906. The SMILES string of the molecule is CC(C)c1nc(C(C)C)n(CCCS(=O)(=O)O)c1[N+](=O)[O-]. The molecule has 0 aromatic carbocycles. The van der Waals surface area contributed by atoms with Crippen LogP contribution in [0.25, 0.3) is 0 Å². The lowest BCUT2D eigenvalue weighted by Crippen LogP contribution is -2.13. The van der Waals surface area contributed by atoms with E-state index in [4.69, 9.17) is 4.55 Å². The summed E-state index contributed by atoms with van der Waals surface area (Å²) in [4.78, 5) is 15.2. The standard InChI is InChI=1S/C12H21N3O5S/c1-8(2)10-12(15(16)17)14(11(13-10)9(3)4)6-5-7-21(18,19)20/h8-9H,5-7H2,1-4H3,(H,18,19,20). The van der Waals surface area contributed by atoms with Crippen LogP contribution < -0.4 is 0 Å². The van der Waals surface area contributed by atoms with Gasteiger partial charge in [-0.3, -0.25) is 4.55 Å². The maximum Gasteiger partial charge on any atom is 0.346 e. The molecule has 1 rings (SSSR count). The van der Waals surface area contributed by atoms with Gasteiger partial charge in [-0.1, -0.05) is 27.7 Å². The number of aromatic nitrogens is 2. The first-order valence-electron chi connectivity index (χ1n) is 6.74. The Bertz CT molecular complexity index is 619. The fraction of sp³-hybridized carbons (Fsp3) is 0.750. The predicted octanol–water partition coefficient (Wildman–Crippen LogP) is 2.32. The largest absolute Gasteiger partial charge is 0.358 e. The summed E-state index contributed by atoms with van der Waals surface area (Å²) in [6, 6.07) is 0. The summed E-state index contributed by atoms with van der Waals surface area (Å²) in [5, 5.41) is 11.3. The Hall–Kier alpha value is -1.48. The van der Waals surface area contributed by atoms with Crippen LogP contribution in [0.4, 0.5) is 5.82 Å². The maximum absolute atomic E-state index is 11.3. The van der Waals surface area contributed by atoms with Gasteiger partial charge < -0.3 is 10.1 Å². The second kappa shape index (κ2) is 6.52. The zero-order valence-corrected chi connectivity index (χ0v) is 13.4. The highest BCUT2D eigenvalue weighted by atomic mass is 32.2. The Morgan fingerprint density at radius 2 is 1.86 bits per heavy atom. The van der Waals surface area contributed by atoms with E-state index >= 15 is 0 Å². The van der Waals surface area contributed by atoms with Crippen molar-refractivity contribution in [1.82, 2.24) is 9.55 Å². The van der Waals surface area contributed by atoms with Gasteiger partial charge in [0, 0.05) is 18.3 Å². The quantitative estimate of drug-likeness (QED) is 0.468. The van der Waals surface area contributed by atoms with E-state index in [2.05, 4.69) is 4.98 Å². The minimum atomic E-state index is -4.07. The zero-order valence-electron chi connectivity index (χ0n) is 12.6. The van der Waals surface area contributed by atoms with Gasteiger partial charge in [0.1, 0.15) is 5.69 Å². The summed E-state index contributed by atoms with van der Waals surface area (Å²) in [5.74, 6) is -0.103. The molecule has 0 amide bonds. The lowest BCUT2D eigenvalue weighted by atomic mass is 10.1. The van der Waals surface area contributed by atoms with Gasteiger partial charge in [0.05, 0.1) is 12.3 Å². The van der Waals surface area contributed by atoms with Crippen molar-refractivity contribution in [3.05, 3.63) is 21.6 Å². The van der Waals surface area contributed by atoms with Crippen molar-refractivity contribution in [2.75, 3.05) is 5.75 Å². The molecule has 120 valence electrons. The predicted molar refractivity (Wildman–Crippen MR) is 78.1 cm³/mol. The van der Waals surface area contributed by atoms with Crippen LogP contribution in [0, 0.1) is 10.1 Å². The Balaban J connectivity index is 3.22. The van der Waals surface area contributed by atoms with Crippen LogP contribution in [0.3, 0.4) is 0 Å². The number of nitrogens with zero attached hydrogens (tertiary/aromatic N) is 3. The highest BCUT2D eigenvalue weighted by Crippen LogP contribution is 2.30. The summed E-state index contributed by atoms with van der Waals surface area (Å²) < 4.78 is 31.7. The Labute approximate surface area is 124 Å². The molecule has 1 aromatic heterocycles. The van der Waals surface area contributed by atoms with Crippen molar-refractivity contribution >= 4 is 15.9 Å². The second-order valence-corrected chi connectivity index (χ2v) is 7.11. The van der Waals surface area contributed by atoms with Crippen molar-refractivity contribution in [2.24, 2.45) is 0 Å². The Morgan fingerprint density at radius 3 is 2.24 bits per heavy atom. The molecule has 0 aliphatic rings. The van der Waals surface area contributed by atoms with Crippen molar-refractivity contribution in [2.45, 2.75) is 52.5 Å². The molecule has 0 saturated heterocycles. The van der Waals surface area contributed by atoms with Crippen LogP contribution in [0.5, 0.6) is 0 Å². The monoisotopic (exact) mass is 319 g/mol. The molecule has 0 aliphatic carbocycles. The summed E-state index contributed by atoms with van der Waals surface area (Å²) >= 11 is 0. The molecule has 0 saturated carbocycles. The van der Waals surface area contributed by atoms with E-state index in [1.165, 1.54) is 4.57 Å². The Morgan fingerprint density at radius 1 is 1.29 bits per heavy atom. The number of hydrogen-bond acceptors (Lipinski definition) is 5. The van der Waals surface area contributed by atoms with Crippen molar-refractivity contribution in [3.8, 4) is 0 Å². The van der Waals surface area contributed by atoms with Crippen LogP contribution in [-0.4, -0.2) is 33.2 Å². The van der Waals surface area contributed by atoms with Crippen molar-refractivity contribution in [1.29, 1.82) is 0 Å². The molecule has 1 heterocycles. The van der Waals surface area contributed by atoms with Gasteiger partial charge in [-0.2, -0.15) is 8.42 Å². The molecule has 0 spiro atoms. The topological polar surface area (TPSA) is 115 Å². The van der Waals surface area contributed by atoms with E-state index < -0.39 is 20.8 Å². The van der Waals surface area contributed by atoms with Gasteiger partial charge >= 0.3 is 5.82 Å². The van der Waals surface area contributed by atoms with Crippen molar-refractivity contribution < 1.29 is 17.9 Å². The van der Waals surface area contributed by atoms with E-state index in [-0.39, 0.29) is 30.6 Å². The smallest absolute Gasteiger partial charge is 0.346 e. The van der Waals surface area contributed by atoms with Crippen LogP contribution >= 0.6 is 0 Å². The molecule has 0 fully saturated rings. The molecule has 0 bridgehead atoms. The number of imidazole rings is 1. The fourth-order valence-corrected chi connectivity index (χ4v) is 2.62. The highest BCUT2D eigenvalue weighted by Gasteiger charge is 2.30. The fourth-order valence-electron chi connectivity index (χ4n) is 2.13. The summed E-state index contributed by atoms with van der Waals surface area (Å²) in [5.41, 5.74) is 0.399. The van der Waals surface area contributed by atoms with E-state index in [0.717, 1.165) is 0 Å². The molecular formula is C12H21N3O5S. The third-order valence-electron chi connectivity index (χ3n) is 3.02. The van der Waals surface area contributed by atoms with Crippen LogP contribution in [-0.2, 0) is 16.7 Å². The van der Waals surface area contributed by atoms with Crippen LogP contribution in [0.1, 0.15) is 57.5 Å². The van der Waals surface area contributed by atoms with Crippen LogP contribution in [0.15, 0.2) is 0 Å². The van der Waals surface area contributed by atoms with E-state index in [0.29, 0.717) is 11.5 Å². The summed E-state index contributed by atoms with van der Waals surface area (Å²) in [6.45, 7) is 7.51. The summed E-state index contributed by atoms with van der Waals surface area (Å²) in [7, 11) is -4.07. The molecule has 1 N–H and O–H groups in total. The molecule has 21 heavy (non-hydrogen) atoms. The average molecular weight is 319 g/mol. The molecule has 8 nitrogen and oxygen atoms in total. The van der Waals surface area contributed by atoms with Crippen LogP contribution in [0.2, 0.25) is 0 Å². The number of hydrogen-bond donors (Lipinski definition) is 1. The van der Waals surface area contributed by atoms with Gasteiger partial charge in [-0.15, -0.1) is 0 Å². The zero-order chi connectivity index (χ0) is 16.4. The van der Waals surface area contributed by atoms with Gasteiger partial charge in [0.2, 0.25) is 0 Å². The highest BCUT2D eigenvalue weighted by molar-refractivity contribution is 7.85. The number of nitro groups is 1. The minimum absolute atomic E-state index is 0.0260. The van der Waals surface area contributed by atoms with Gasteiger partial charge in [0.25, 0.3) is 10.1 Å². The third kappa shape index (κ3) is 4.50.